The van der Waals surface area contributed by atoms with Gasteiger partial charge in [-0.15, -0.1) is 0 Å². The number of aryl methyl sites for hydroxylation is 1. The highest BCUT2D eigenvalue weighted by atomic mass is 79.9. The molecule has 2 aliphatic rings. The first-order valence-corrected chi connectivity index (χ1v) is 8.92. The van der Waals surface area contributed by atoms with Gasteiger partial charge in [-0.25, -0.2) is 4.79 Å². The van der Waals surface area contributed by atoms with Gasteiger partial charge in [0, 0.05) is 34.3 Å². The monoisotopic (exact) mass is 417 g/mol. The molecule has 26 heavy (non-hydrogen) atoms. The molecule has 134 valence electrons. The maximum absolute atomic E-state index is 12.8. The number of urea groups is 1. The van der Waals surface area contributed by atoms with Crippen LogP contribution in [-0.2, 0) is 0 Å². The molecule has 8 heteroatoms. The van der Waals surface area contributed by atoms with Gasteiger partial charge in [0.1, 0.15) is 5.75 Å². The number of non-ortho nitro benzene ring substituents is 1. The Labute approximate surface area is 158 Å². The maximum Gasteiger partial charge on any atom is 0.325 e. The molecule has 1 fully saturated rings. The van der Waals surface area contributed by atoms with Crippen molar-refractivity contribution in [1.29, 1.82) is 0 Å². The molecule has 0 aliphatic carbocycles. The predicted octanol–water partition coefficient (Wildman–Crippen LogP) is 4.44. The van der Waals surface area contributed by atoms with Gasteiger partial charge in [0.05, 0.1) is 11.0 Å². The van der Waals surface area contributed by atoms with Gasteiger partial charge >= 0.3 is 6.03 Å². The van der Waals surface area contributed by atoms with Gasteiger partial charge in [-0.2, -0.15) is 0 Å². The first-order chi connectivity index (χ1) is 12.3. The first-order valence-electron chi connectivity index (χ1n) is 8.13. The van der Waals surface area contributed by atoms with Crippen LogP contribution in [0.4, 0.5) is 16.2 Å². The molecule has 2 bridgehead atoms. The van der Waals surface area contributed by atoms with E-state index in [1.165, 1.54) is 12.1 Å². The van der Waals surface area contributed by atoms with Crippen LogP contribution in [-0.4, -0.2) is 16.7 Å². The lowest BCUT2D eigenvalue weighted by Crippen LogP contribution is -2.65. The van der Waals surface area contributed by atoms with Crippen LogP contribution in [0.15, 0.2) is 40.9 Å². The molecule has 2 unspecified atom stereocenters. The average molecular weight is 418 g/mol. The molecule has 2 atom stereocenters. The lowest BCUT2D eigenvalue weighted by atomic mass is 9.90. The predicted molar refractivity (Wildman–Crippen MR) is 99.4 cm³/mol. The summed E-state index contributed by atoms with van der Waals surface area (Å²) in [5.41, 5.74) is 1.48. The SMILES string of the molecule is Cc1cc(N2C(=O)NC3CC2(C)Oc2ccc([N+](=O)[O-])cc23)ccc1Br. The van der Waals surface area contributed by atoms with Crippen LogP contribution in [0.1, 0.15) is 30.5 Å². The number of nitrogens with zero attached hydrogens (tertiary/aromatic N) is 2. The number of hydrogen-bond acceptors (Lipinski definition) is 4. The van der Waals surface area contributed by atoms with Crippen molar-refractivity contribution in [3.63, 3.8) is 0 Å². The summed E-state index contributed by atoms with van der Waals surface area (Å²) in [5, 5.41) is 14.0. The molecule has 0 spiro atoms. The molecule has 0 radical (unpaired) electrons. The van der Waals surface area contributed by atoms with Gasteiger partial charge in [0.25, 0.3) is 5.69 Å². The number of benzene rings is 2. The molecule has 7 nitrogen and oxygen atoms in total. The van der Waals surface area contributed by atoms with E-state index in [4.69, 9.17) is 4.74 Å². The van der Waals surface area contributed by atoms with Crippen molar-refractivity contribution < 1.29 is 14.5 Å². The van der Waals surface area contributed by atoms with Crippen molar-refractivity contribution in [1.82, 2.24) is 5.32 Å². The minimum absolute atomic E-state index is 0.0174. The van der Waals surface area contributed by atoms with E-state index >= 15 is 0 Å². The molecule has 2 heterocycles. The number of ether oxygens (including phenoxy) is 1. The van der Waals surface area contributed by atoms with Gasteiger partial charge in [-0.05, 0) is 43.7 Å². The standard InChI is InChI=1S/C18H16BrN3O4/c1-10-7-11(3-5-14(10)19)21-17(23)20-15-9-18(21,2)26-16-6-4-12(22(24)25)8-13(15)16/h3-8,15H,9H2,1-2H3,(H,20,23). The highest BCUT2D eigenvalue weighted by Gasteiger charge is 2.50. The van der Waals surface area contributed by atoms with Crippen molar-refractivity contribution >= 4 is 33.3 Å². The molecule has 1 saturated heterocycles. The Bertz CT molecular complexity index is 948. The van der Waals surface area contributed by atoms with Crippen LogP contribution in [0.3, 0.4) is 0 Å². The summed E-state index contributed by atoms with van der Waals surface area (Å²) in [6, 6.07) is 9.54. The molecule has 0 aromatic heterocycles. The average Bonchev–Trinajstić information content (AvgIpc) is 2.57. The smallest absolute Gasteiger partial charge is 0.325 e. The number of amides is 2. The minimum Gasteiger partial charge on any atom is -0.467 e. The number of nitrogens with one attached hydrogen (secondary N) is 1. The van der Waals surface area contributed by atoms with E-state index < -0.39 is 10.6 Å². The van der Waals surface area contributed by atoms with Crippen molar-refractivity contribution in [2.45, 2.75) is 32.0 Å². The summed E-state index contributed by atoms with van der Waals surface area (Å²) < 4.78 is 7.13. The zero-order valence-corrected chi connectivity index (χ0v) is 15.7. The lowest BCUT2D eigenvalue weighted by molar-refractivity contribution is -0.385. The van der Waals surface area contributed by atoms with Gasteiger partial charge in [0.15, 0.2) is 5.72 Å². The second kappa shape index (κ2) is 5.70. The number of anilines is 1. The third kappa shape index (κ3) is 2.52. The summed E-state index contributed by atoms with van der Waals surface area (Å²) in [7, 11) is 0. The molecule has 2 aliphatic heterocycles. The molecule has 2 aromatic carbocycles. The Hall–Kier alpha value is -2.61. The number of rotatable bonds is 2. The van der Waals surface area contributed by atoms with E-state index in [9.17, 15) is 14.9 Å². The number of nitro groups is 1. The number of fused-ring (bicyclic) bond motifs is 4. The molecular formula is C18H16BrN3O4. The number of carbonyl (C=O) groups is 1. The summed E-state index contributed by atoms with van der Waals surface area (Å²) >= 11 is 3.47. The van der Waals surface area contributed by atoms with E-state index in [0.717, 1.165) is 15.7 Å². The fourth-order valence-electron chi connectivity index (χ4n) is 3.63. The Morgan fingerprint density at radius 2 is 2.12 bits per heavy atom. The Morgan fingerprint density at radius 1 is 1.35 bits per heavy atom. The molecule has 1 N–H and O–H groups in total. The number of halogens is 1. The molecular weight excluding hydrogens is 402 g/mol. The third-order valence-electron chi connectivity index (χ3n) is 4.87. The fraction of sp³-hybridized carbons (Fsp3) is 0.278. The quantitative estimate of drug-likeness (QED) is 0.578. The van der Waals surface area contributed by atoms with Gasteiger partial charge < -0.3 is 10.1 Å². The Kier molecular flexibility index (Phi) is 3.69. The summed E-state index contributed by atoms with van der Waals surface area (Å²) in [4.78, 5) is 25.0. The largest absolute Gasteiger partial charge is 0.467 e. The number of carbonyl (C=O) groups excluding carboxylic acids is 1. The minimum atomic E-state index is -0.879. The summed E-state index contributed by atoms with van der Waals surface area (Å²) in [6.45, 7) is 3.82. The Morgan fingerprint density at radius 3 is 2.81 bits per heavy atom. The van der Waals surface area contributed by atoms with E-state index in [1.807, 2.05) is 32.0 Å². The Balaban J connectivity index is 1.78. The highest BCUT2D eigenvalue weighted by Crippen LogP contribution is 2.46. The summed E-state index contributed by atoms with van der Waals surface area (Å²) in [5.74, 6) is 0.549. The van der Waals surface area contributed by atoms with Crippen molar-refractivity contribution in [2.24, 2.45) is 0 Å². The van der Waals surface area contributed by atoms with Crippen LogP contribution in [0.2, 0.25) is 0 Å². The van der Waals surface area contributed by atoms with E-state index in [1.54, 1.807) is 11.0 Å². The molecule has 4 rings (SSSR count). The van der Waals surface area contributed by atoms with Crippen LogP contribution < -0.4 is 15.0 Å². The fourth-order valence-corrected chi connectivity index (χ4v) is 3.88. The molecule has 2 amide bonds. The molecule has 2 aromatic rings. The van der Waals surface area contributed by atoms with Crippen LogP contribution in [0.25, 0.3) is 0 Å². The lowest BCUT2D eigenvalue weighted by Gasteiger charge is -2.50. The number of nitro benzene ring substituents is 1. The van der Waals surface area contributed by atoms with Crippen molar-refractivity contribution in [3.8, 4) is 5.75 Å². The normalized spacial score (nSPS) is 23.7. The van der Waals surface area contributed by atoms with E-state index in [0.29, 0.717) is 17.7 Å². The van der Waals surface area contributed by atoms with Crippen LogP contribution in [0, 0.1) is 17.0 Å². The van der Waals surface area contributed by atoms with E-state index in [-0.39, 0.29) is 17.8 Å². The van der Waals surface area contributed by atoms with Crippen LogP contribution >= 0.6 is 15.9 Å². The van der Waals surface area contributed by atoms with Crippen molar-refractivity contribution in [3.05, 3.63) is 62.1 Å². The van der Waals surface area contributed by atoms with Crippen molar-refractivity contribution in [2.75, 3.05) is 4.90 Å². The zero-order valence-electron chi connectivity index (χ0n) is 14.2. The topological polar surface area (TPSA) is 84.7 Å². The first kappa shape index (κ1) is 16.8. The third-order valence-corrected chi connectivity index (χ3v) is 5.76. The zero-order chi connectivity index (χ0) is 18.6. The second-order valence-corrected chi connectivity index (χ2v) is 7.59. The maximum atomic E-state index is 12.8. The highest BCUT2D eigenvalue weighted by molar-refractivity contribution is 9.10. The second-order valence-electron chi connectivity index (χ2n) is 6.73. The van der Waals surface area contributed by atoms with Gasteiger partial charge in [0.2, 0.25) is 0 Å². The van der Waals surface area contributed by atoms with Crippen LogP contribution in [0.5, 0.6) is 5.75 Å². The van der Waals surface area contributed by atoms with E-state index in [2.05, 4.69) is 21.2 Å². The van der Waals surface area contributed by atoms with Gasteiger partial charge in [-0.1, -0.05) is 15.9 Å². The number of hydrogen-bond donors (Lipinski definition) is 1. The molecule has 0 saturated carbocycles. The summed E-state index contributed by atoms with van der Waals surface area (Å²) in [6.07, 6.45) is 0.488. The van der Waals surface area contributed by atoms with Gasteiger partial charge in [-0.3, -0.25) is 15.0 Å².